The van der Waals surface area contributed by atoms with E-state index < -0.39 is 10.0 Å². The second-order valence-corrected chi connectivity index (χ2v) is 10.3. The fourth-order valence-corrected chi connectivity index (χ4v) is 5.53. The van der Waals surface area contributed by atoms with E-state index in [2.05, 4.69) is 5.32 Å². The molecule has 0 atom stereocenters. The van der Waals surface area contributed by atoms with Gasteiger partial charge in [-0.2, -0.15) is 0 Å². The van der Waals surface area contributed by atoms with Crippen molar-refractivity contribution in [2.45, 2.75) is 24.7 Å². The lowest BCUT2D eigenvalue weighted by Gasteiger charge is -2.31. The molecule has 2 aromatic carbocycles. The van der Waals surface area contributed by atoms with Crippen LogP contribution in [0.1, 0.15) is 28.1 Å². The van der Waals surface area contributed by atoms with E-state index in [0.717, 1.165) is 20.5 Å². The van der Waals surface area contributed by atoms with E-state index >= 15 is 0 Å². The summed E-state index contributed by atoms with van der Waals surface area (Å²) in [4.78, 5) is 28.2. The summed E-state index contributed by atoms with van der Waals surface area (Å²) in [7, 11) is -3.77. The standard InChI is InChI=1S/C22H23N3O4S2/c1-14-18-4-2-3-5-19(18)30-20(14)22(27)25-12-10-15(11-13-25)21(26)24-16-6-8-17(9-7-16)31(23,28)29/h2-9,15H,10-13H2,1H3,(H,24,26)(H2,23,28,29). The van der Waals surface area contributed by atoms with Gasteiger partial charge in [0.15, 0.2) is 0 Å². The molecule has 2 heterocycles. The molecular formula is C22H23N3O4S2. The summed E-state index contributed by atoms with van der Waals surface area (Å²) >= 11 is 1.52. The maximum absolute atomic E-state index is 13.0. The number of amides is 2. The number of fused-ring (bicyclic) bond motifs is 1. The van der Waals surface area contributed by atoms with Crippen molar-refractivity contribution in [1.82, 2.24) is 4.90 Å². The van der Waals surface area contributed by atoms with Crippen molar-refractivity contribution < 1.29 is 18.0 Å². The predicted molar refractivity (Wildman–Crippen MR) is 122 cm³/mol. The molecular weight excluding hydrogens is 434 g/mol. The second-order valence-electron chi connectivity index (χ2n) is 7.68. The van der Waals surface area contributed by atoms with Crippen LogP contribution >= 0.6 is 11.3 Å². The molecule has 2 amide bonds. The summed E-state index contributed by atoms with van der Waals surface area (Å²) in [5.74, 6) is -0.310. The van der Waals surface area contributed by atoms with Gasteiger partial charge in [0.1, 0.15) is 0 Å². The highest BCUT2D eigenvalue weighted by atomic mass is 32.2. The summed E-state index contributed by atoms with van der Waals surface area (Å²) in [6.07, 6.45) is 1.16. The molecule has 1 aromatic heterocycles. The number of primary sulfonamides is 1. The van der Waals surface area contributed by atoms with Crippen molar-refractivity contribution in [1.29, 1.82) is 0 Å². The molecule has 3 N–H and O–H groups in total. The molecule has 31 heavy (non-hydrogen) atoms. The van der Waals surface area contributed by atoms with Crippen LogP contribution in [-0.4, -0.2) is 38.2 Å². The number of nitrogens with two attached hydrogens (primary N) is 1. The van der Waals surface area contributed by atoms with Crippen molar-refractivity contribution in [3.05, 3.63) is 59.0 Å². The van der Waals surface area contributed by atoms with Crippen molar-refractivity contribution in [2.24, 2.45) is 11.1 Å². The Morgan fingerprint density at radius 3 is 2.32 bits per heavy atom. The first-order valence-electron chi connectivity index (χ1n) is 9.95. The number of likely N-dealkylation sites (tertiary alicyclic amines) is 1. The molecule has 3 aromatic rings. The Hall–Kier alpha value is -2.75. The number of piperidine rings is 1. The van der Waals surface area contributed by atoms with Crippen LogP contribution in [0.15, 0.2) is 53.4 Å². The third-order valence-corrected chi connectivity index (χ3v) is 7.83. The Labute approximate surface area is 184 Å². The van der Waals surface area contributed by atoms with Crippen LogP contribution < -0.4 is 10.5 Å². The number of carbonyl (C=O) groups is 2. The summed E-state index contributed by atoms with van der Waals surface area (Å²) in [5, 5.41) is 9.02. The number of thiophene rings is 1. The summed E-state index contributed by atoms with van der Waals surface area (Å²) in [6, 6.07) is 13.8. The number of aryl methyl sites for hydroxylation is 1. The highest BCUT2D eigenvalue weighted by Crippen LogP contribution is 2.32. The van der Waals surface area contributed by atoms with Crippen LogP contribution in [0.4, 0.5) is 5.69 Å². The third-order valence-electron chi connectivity index (χ3n) is 5.64. The number of nitrogens with one attached hydrogen (secondary N) is 1. The number of benzene rings is 2. The number of hydrogen-bond donors (Lipinski definition) is 2. The lowest BCUT2D eigenvalue weighted by molar-refractivity contribution is -0.121. The average molecular weight is 458 g/mol. The average Bonchev–Trinajstić information content (AvgIpc) is 3.10. The van der Waals surface area contributed by atoms with E-state index in [9.17, 15) is 18.0 Å². The first-order chi connectivity index (χ1) is 14.7. The quantitative estimate of drug-likeness (QED) is 0.626. The summed E-state index contributed by atoms with van der Waals surface area (Å²) < 4.78 is 23.8. The van der Waals surface area contributed by atoms with E-state index in [1.54, 1.807) is 0 Å². The van der Waals surface area contributed by atoms with Gasteiger partial charge in [-0.05, 0) is 61.0 Å². The maximum Gasteiger partial charge on any atom is 0.264 e. The van der Waals surface area contributed by atoms with E-state index in [0.29, 0.717) is 31.6 Å². The van der Waals surface area contributed by atoms with Gasteiger partial charge in [-0.3, -0.25) is 9.59 Å². The fraction of sp³-hybridized carbons (Fsp3) is 0.273. The molecule has 1 aliphatic rings. The first kappa shape index (κ1) is 21.5. The van der Waals surface area contributed by atoms with Crippen LogP contribution in [0.5, 0.6) is 0 Å². The van der Waals surface area contributed by atoms with Crippen LogP contribution in [0.2, 0.25) is 0 Å². The molecule has 162 valence electrons. The molecule has 7 nitrogen and oxygen atoms in total. The molecule has 0 saturated carbocycles. The van der Waals surface area contributed by atoms with Gasteiger partial charge in [0.2, 0.25) is 15.9 Å². The highest BCUT2D eigenvalue weighted by Gasteiger charge is 2.29. The highest BCUT2D eigenvalue weighted by molar-refractivity contribution is 7.89. The zero-order chi connectivity index (χ0) is 22.2. The smallest absolute Gasteiger partial charge is 0.264 e. The SMILES string of the molecule is Cc1c(C(=O)N2CCC(C(=O)Nc3ccc(S(N)(=O)=O)cc3)CC2)sc2ccccc12. The van der Waals surface area contributed by atoms with Gasteiger partial charge in [-0.15, -0.1) is 11.3 Å². The molecule has 0 radical (unpaired) electrons. The molecule has 1 saturated heterocycles. The number of sulfonamides is 1. The molecule has 0 bridgehead atoms. The minimum atomic E-state index is -3.77. The Morgan fingerprint density at radius 2 is 1.71 bits per heavy atom. The largest absolute Gasteiger partial charge is 0.338 e. The van der Waals surface area contributed by atoms with E-state index in [-0.39, 0.29) is 22.6 Å². The molecule has 0 aliphatic carbocycles. The topological polar surface area (TPSA) is 110 Å². The molecule has 1 aliphatic heterocycles. The minimum absolute atomic E-state index is 0.00569. The van der Waals surface area contributed by atoms with Gasteiger partial charge >= 0.3 is 0 Å². The number of carbonyl (C=O) groups excluding carboxylic acids is 2. The van der Waals surface area contributed by atoms with Gasteiger partial charge in [0.25, 0.3) is 5.91 Å². The van der Waals surface area contributed by atoms with Crippen molar-refractivity contribution >= 4 is 48.9 Å². The molecule has 0 unspecified atom stereocenters. The van der Waals surface area contributed by atoms with E-state index in [1.807, 2.05) is 36.1 Å². The number of rotatable bonds is 4. The van der Waals surface area contributed by atoms with Gasteiger partial charge in [0.05, 0.1) is 9.77 Å². The minimum Gasteiger partial charge on any atom is -0.338 e. The van der Waals surface area contributed by atoms with Crippen LogP contribution in [0.25, 0.3) is 10.1 Å². The summed E-state index contributed by atoms with van der Waals surface area (Å²) in [6.45, 7) is 3.03. The number of anilines is 1. The van der Waals surface area contributed by atoms with E-state index in [4.69, 9.17) is 5.14 Å². The van der Waals surface area contributed by atoms with Gasteiger partial charge < -0.3 is 10.2 Å². The Kier molecular flexibility index (Phi) is 5.83. The molecule has 1 fully saturated rings. The van der Waals surface area contributed by atoms with Gasteiger partial charge in [-0.25, -0.2) is 13.6 Å². The van der Waals surface area contributed by atoms with Crippen LogP contribution in [0.3, 0.4) is 0 Å². The van der Waals surface area contributed by atoms with Crippen LogP contribution in [0, 0.1) is 12.8 Å². The molecule has 0 spiro atoms. The fourth-order valence-electron chi connectivity index (χ4n) is 3.84. The number of nitrogens with zero attached hydrogens (tertiary/aromatic N) is 1. The Morgan fingerprint density at radius 1 is 1.06 bits per heavy atom. The van der Waals surface area contributed by atoms with Crippen molar-refractivity contribution in [2.75, 3.05) is 18.4 Å². The van der Waals surface area contributed by atoms with Crippen molar-refractivity contribution in [3.63, 3.8) is 0 Å². The van der Waals surface area contributed by atoms with Gasteiger partial charge in [-0.1, -0.05) is 18.2 Å². The van der Waals surface area contributed by atoms with Crippen molar-refractivity contribution in [3.8, 4) is 0 Å². The zero-order valence-electron chi connectivity index (χ0n) is 17.0. The maximum atomic E-state index is 13.0. The van der Waals surface area contributed by atoms with E-state index in [1.165, 1.54) is 35.6 Å². The normalized spacial score (nSPS) is 15.2. The second kappa shape index (κ2) is 8.41. The lowest BCUT2D eigenvalue weighted by atomic mass is 9.95. The van der Waals surface area contributed by atoms with Crippen LogP contribution in [-0.2, 0) is 14.8 Å². The molecule has 4 rings (SSSR count). The first-order valence-corrected chi connectivity index (χ1v) is 12.3. The zero-order valence-corrected chi connectivity index (χ0v) is 18.6. The number of hydrogen-bond acceptors (Lipinski definition) is 5. The lowest BCUT2D eigenvalue weighted by Crippen LogP contribution is -2.41. The monoisotopic (exact) mass is 457 g/mol. The Balaban J connectivity index is 1.37. The Bertz CT molecular complexity index is 1240. The van der Waals surface area contributed by atoms with Gasteiger partial charge in [0, 0.05) is 29.4 Å². The predicted octanol–water partition coefficient (Wildman–Crippen LogP) is 3.35. The summed E-state index contributed by atoms with van der Waals surface area (Å²) in [5.41, 5.74) is 1.52. The third kappa shape index (κ3) is 4.48. The molecule has 9 heteroatoms.